The molecule has 1 unspecified atom stereocenters. The highest BCUT2D eigenvalue weighted by Gasteiger charge is 2.29. The zero-order chi connectivity index (χ0) is 14.5. The molecule has 108 valence electrons. The first-order chi connectivity index (χ1) is 9.63. The van der Waals surface area contributed by atoms with E-state index in [-0.39, 0.29) is 11.9 Å². The molecule has 1 aliphatic heterocycles. The molecule has 0 aromatic heterocycles. The van der Waals surface area contributed by atoms with Crippen LogP contribution in [0.2, 0.25) is 0 Å². The molecule has 1 aliphatic rings. The normalized spacial score (nSPS) is 17.1. The zero-order valence-electron chi connectivity index (χ0n) is 12.0. The van der Waals surface area contributed by atoms with Crippen LogP contribution in [-0.2, 0) is 9.59 Å². The van der Waals surface area contributed by atoms with E-state index in [1.807, 2.05) is 54.2 Å². The molecule has 0 bridgehead atoms. The fraction of sp³-hybridized carbons (Fsp3) is 0.467. The van der Waals surface area contributed by atoms with Gasteiger partial charge in [0, 0.05) is 26.2 Å². The highest BCUT2D eigenvalue weighted by Crippen LogP contribution is 2.21. The lowest BCUT2D eigenvalue weighted by Crippen LogP contribution is -2.51. The first kappa shape index (κ1) is 14.5. The number of piperazine rings is 1. The number of carbonyl (C=O) groups excluding carboxylic acids is 2. The number of rotatable bonds is 4. The Labute approximate surface area is 119 Å². The number of hydrogen-bond acceptors (Lipinski definition) is 3. The first-order valence-electron chi connectivity index (χ1n) is 6.83. The Hall–Kier alpha value is -1.88. The lowest BCUT2D eigenvalue weighted by Gasteiger charge is -2.36. The van der Waals surface area contributed by atoms with E-state index in [1.165, 1.54) is 0 Å². The molecule has 5 nitrogen and oxygen atoms in total. The maximum atomic E-state index is 12.7. The summed E-state index contributed by atoms with van der Waals surface area (Å²) in [5.41, 5.74) is 1.00. The van der Waals surface area contributed by atoms with Gasteiger partial charge in [-0.15, -0.1) is 0 Å². The van der Waals surface area contributed by atoms with Crippen molar-refractivity contribution >= 4 is 12.3 Å². The Balaban J connectivity index is 2.11. The largest absolute Gasteiger partial charge is 0.342 e. The zero-order valence-corrected chi connectivity index (χ0v) is 12.0. The molecule has 0 aliphatic carbocycles. The van der Waals surface area contributed by atoms with Crippen LogP contribution in [0.25, 0.3) is 0 Å². The van der Waals surface area contributed by atoms with Crippen LogP contribution < -0.4 is 0 Å². The Morgan fingerprint density at radius 3 is 2.25 bits per heavy atom. The molecular formula is C15H21N3O2. The molecule has 1 atom stereocenters. The van der Waals surface area contributed by atoms with E-state index in [9.17, 15) is 9.59 Å². The van der Waals surface area contributed by atoms with Crippen LogP contribution >= 0.6 is 0 Å². The molecule has 1 aromatic carbocycles. The minimum Gasteiger partial charge on any atom is -0.342 e. The van der Waals surface area contributed by atoms with Crippen molar-refractivity contribution in [3.63, 3.8) is 0 Å². The van der Waals surface area contributed by atoms with Gasteiger partial charge in [0.15, 0.2) is 0 Å². The van der Waals surface area contributed by atoms with Crippen molar-refractivity contribution in [1.29, 1.82) is 0 Å². The van der Waals surface area contributed by atoms with E-state index in [4.69, 9.17) is 0 Å². The fourth-order valence-electron chi connectivity index (χ4n) is 2.52. The van der Waals surface area contributed by atoms with Crippen LogP contribution in [0.3, 0.4) is 0 Å². The number of amides is 2. The topological polar surface area (TPSA) is 43.9 Å². The minimum atomic E-state index is -0.265. The number of benzene rings is 1. The van der Waals surface area contributed by atoms with Gasteiger partial charge in [0.2, 0.25) is 12.3 Å². The van der Waals surface area contributed by atoms with Gasteiger partial charge in [-0.1, -0.05) is 30.3 Å². The van der Waals surface area contributed by atoms with Crippen molar-refractivity contribution < 1.29 is 9.59 Å². The maximum Gasteiger partial charge on any atom is 0.244 e. The number of likely N-dealkylation sites (N-methyl/N-ethyl adjacent to an activating group) is 1. The minimum absolute atomic E-state index is 0.103. The van der Waals surface area contributed by atoms with E-state index < -0.39 is 0 Å². The van der Waals surface area contributed by atoms with Crippen molar-refractivity contribution in [2.45, 2.75) is 6.04 Å². The van der Waals surface area contributed by atoms with Gasteiger partial charge in [-0.2, -0.15) is 0 Å². The summed E-state index contributed by atoms with van der Waals surface area (Å²) in [6, 6.07) is 9.53. The van der Waals surface area contributed by atoms with E-state index in [1.54, 1.807) is 4.90 Å². The van der Waals surface area contributed by atoms with Gasteiger partial charge in [0.05, 0.1) is 0 Å². The molecular weight excluding hydrogens is 254 g/mol. The Kier molecular flexibility index (Phi) is 4.74. The number of carbonyl (C=O) groups is 2. The molecule has 1 heterocycles. The fourth-order valence-corrected chi connectivity index (χ4v) is 2.52. The molecule has 0 N–H and O–H groups in total. The standard InChI is InChI=1S/C15H21N3O2/c1-16(2)14(13-6-4-3-5-7-13)15(20)18-10-8-17(12-19)9-11-18/h3-7,12,14H,8-11H2,1-2H3. The smallest absolute Gasteiger partial charge is 0.244 e. The van der Waals surface area contributed by atoms with Crippen LogP contribution in [0.5, 0.6) is 0 Å². The first-order valence-corrected chi connectivity index (χ1v) is 6.83. The molecule has 0 saturated carbocycles. The average Bonchev–Trinajstić information content (AvgIpc) is 2.48. The molecule has 20 heavy (non-hydrogen) atoms. The lowest BCUT2D eigenvalue weighted by atomic mass is 10.0. The van der Waals surface area contributed by atoms with Crippen molar-refractivity contribution in [3.05, 3.63) is 35.9 Å². The summed E-state index contributed by atoms with van der Waals surface area (Å²) < 4.78 is 0. The van der Waals surface area contributed by atoms with E-state index >= 15 is 0 Å². The highest BCUT2D eigenvalue weighted by atomic mass is 16.2. The van der Waals surface area contributed by atoms with Gasteiger partial charge in [0.1, 0.15) is 6.04 Å². The Bertz CT molecular complexity index is 453. The van der Waals surface area contributed by atoms with Crippen molar-refractivity contribution in [3.8, 4) is 0 Å². The van der Waals surface area contributed by atoms with Crippen LogP contribution in [-0.4, -0.2) is 67.3 Å². The Morgan fingerprint density at radius 1 is 1.15 bits per heavy atom. The molecule has 0 radical (unpaired) electrons. The van der Waals surface area contributed by atoms with E-state index in [0.717, 1.165) is 12.0 Å². The molecule has 1 saturated heterocycles. The number of hydrogen-bond donors (Lipinski definition) is 0. The van der Waals surface area contributed by atoms with Gasteiger partial charge >= 0.3 is 0 Å². The van der Waals surface area contributed by atoms with Crippen LogP contribution in [0, 0.1) is 0 Å². The van der Waals surface area contributed by atoms with Crippen molar-refractivity contribution in [2.24, 2.45) is 0 Å². The predicted molar refractivity (Wildman–Crippen MR) is 77.1 cm³/mol. The van der Waals surface area contributed by atoms with E-state index in [0.29, 0.717) is 26.2 Å². The lowest BCUT2D eigenvalue weighted by molar-refractivity contribution is -0.139. The predicted octanol–water partition coefficient (Wildman–Crippen LogP) is 0.590. The molecule has 2 rings (SSSR count). The molecule has 2 amide bonds. The van der Waals surface area contributed by atoms with Crippen molar-refractivity contribution in [1.82, 2.24) is 14.7 Å². The second-order valence-electron chi connectivity index (χ2n) is 5.24. The summed E-state index contributed by atoms with van der Waals surface area (Å²) >= 11 is 0. The summed E-state index contributed by atoms with van der Waals surface area (Å²) in [6.45, 7) is 2.44. The summed E-state index contributed by atoms with van der Waals surface area (Å²) in [5, 5.41) is 0. The molecule has 5 heteroatoms. The third-order valence-electron chi connectivity index (χ3n) is 3.64. The average molecular weight is 275 g/mol. The van der Waals surface area contributed by atoms with Gasteiger partial charge in [0.25, 0.3) is 0 Å². The third-order valence-corrected chi connectivity index (χ3v) is 3.64. The summed E-state index contributed by atoms with van der Waals surface area (Å²) in [5.74, 6) is 0.103. The monoisotopic (exact) mass is 275 g/mol. The van der Waals surface area contributed by atoms with Crippen LogP contribution in [0.1, 0.15) is 11.6 Å². The molecule has 1 aromatic rings. The second kappa shape index (κ2) is 6.52. The van der Waals surface area contributed by atoms with Crippen LogP contribution in [0.15, 0.2) is 30.3 Å². The van der Waals surface area contributed by atoms with Crippen LogP contribution in [0.4, 0.5) is 0 Å². The van der Waals surface area contributed by atoms with E-state index in [2.05, 4.69) is 0 Å². The van der Waals surface area contributed by atoms with Gasteiger partial charge in [-0.25, -0.2) is 0 Å². The third kappa shape index (κ3) is 3.17. The highest BCUT2D eigenvalue weighted by molar-refractivity contribution is 5.83. The SMILES string of the molecule is CN(C)C(C(=O)N1CCN(C=O)CC1)c1ccccc1. The van der Waals surface area contributed by atoms with Gasteiger partial charge in [-0.05, 0) is 19.7 Å². The van der Waals surface area contributed by atoms with Gasteiger partial charge in [-0.3, -0.25) is 14.5 Å². The van der Waals surface area contributed by atoms with Crippen molar-refractivity contribution in [2.75, 3.05) is 40.3 Å². The second-order valence-corrected chi connectivity index (χ2v) is 5.24. The summed E-state index contributed by atoms with van der Waals surface area (Å²) in [4.78, 5) is 28.9. The number of nitrogens with zero attached hydrogens (tertiary/aromatic N) is 3. The van der Waals surface area contributed by atoms with Gasteiger partial charge < -0.3 is 9.80 Å². The Morgan fingerprint density at radius 2 is 1.75 bits per heavy atom. The maximum absolute atomic E-state index is 12.7. The molecule has 0 spiro atoms. The quantitative estimate of drug-likeness (QED) is 0.755. The summed E-state index contributed by atoms with van der Waals surface area (Å²) in [6.07, 6.45) is 0.850. The molecule has 1 fully saturated rings. The summed E-state index contributed by atoms with van der Waals surface area (Å²) in [7, 11) is 3.83.